The molecule has 1 aliphatic rings. The van der Waals surface area contributed by atoms with Crippen LogP contribution in [0.5, 0.6) is 0 Å². The molecule has 1 N–H and O–H groups in total. The van der Waals surface area contributed by atoms with Crippen LogP contribution in [0.1, 0.15) is 26.2 Å². The molecule has 0 aromatic carbocycles. The van der Waals surface area contributed by atoms with Crippen molar-refractivity contribution in [1.29, 1.82) is 0 Å². The Labute approximate surface area is 102 Å². The number of ether oxygens (including phenoxy) is 3. The van der Waals surface area contributed by atoms with Crippen LogP contribution in [-0.4, -0.2) is 38.7 Å². The molecule has 0 bridgehead atoms. The monoisotopic (exact) mass is 243 g/mol. The molecule has 1 atom stereocenters. The van der Waals surface area contributed by atoms with Crippen LogP contribution >= 0.6 is 0 Å². The lowest BCUT2D eigenvalue weighted by molar-refractivity contribution is -0.155. The van der Waals surface area contributed by atoms with Crippen LogP contribution in [0.3, 0.4) is 0 Å². The zero-order valence-electron chi connectivity index (χ0n) is 10.3. The third-order valence-electron chi connectivity index (χ3n) is 2.32. The molecule has 0 unspecified atom stereocenters. The summed E-state index contributed by atoms with van der Waals surface area (Å²) in [5.41, 5.74) is 0. The molecule has 0 aromatic heterocycles. The van der Waals surface area contributed by atoms with Gasteiger partial charge in [-0.15, -0.1) is 0 Å². The van der Waals surface area contributed by atoms with Crippen molar-refractivity contribution in [3.8, 4) is 0 Å². The third kappa shape index (κ3) is 6.97. The van der Waals surface area contributed by atoms with Gasteiger partial charge in [0.05, 0.1) is 13.2 Å². The van der Waals surface area contributed by atoms with Crippen molar-refractivity contribution in [2.45, 2.75) is 32.5 Å². The predicted molar refractivity (Wildman–Crippen MR) is 63.7 cm³/mol. The van der Waals surface area contributed by atoms with E-state index in [1.54, 1.807) is 6.92 Å². The number of hydrogen-bond acceptors (Lipinski definition) is 4. The molecule has 1 amide bonds. The van der Waals surface area contributed by atoms with Crippen LogP contribution in [-0.2, 0) is 14.2 Å². The lowest BCUT2D eigenvalue weighted by Gasteiger charge is -2.21. The third-order valence-corrected chi connectivity index (χ3v) is 2.32. The van der Waals surface area contributed by atoms with Gasteiger partial charge in [0.1, 0.15) is 0 Å². The summed E-state index contributed by atoms with van der Waals surface area (Å²) in [7, 11) is 0. The Morgan fingerprint density at radius 3 is 3.06 bits per heavy atom. The topological polar surface area (TPSA) is 56.8 Å². The Hall–Kier alpha value is -1.07. The Morgan fingerprint density at radius 2 is 2.35 bits per heavy atom. The number of carbonyl (C=O) groups is 1. The van der Waals surface area contributed by atoms with Gasteiger partial charge in [0, 0.05) is 13.2 Å². The van der Waals surface area contributed by atoms with E-state index in [0.29, 0.717) is 19.8 Å². The number of hydrogen-bond donors (Lipinski definition) is 1. The molecule has 0 aliphatic carbocycles. The summed E-state index contributed by atoms with van der Waals surface area (Å²) in [6.45, 7) is 3.91. The lowest BCUT2D eigenvalue weighted by atomic mass is 10.2. The van der Waals surface area contributed by atoms with Crippen molar-refractivity contribution >= 4 is 6.09 Å². The number of nitrogens with one attached hydrogen (secondary N) is 1. The first kappa shape index (κ1) is 14.0. The molecule has 17 heavy (non-hydrogen) atoms. The molecule has 1 rings (SSSR count). The van der Waals surface area contributed by atoms with Gasteiger partial charge in [0.15, 0.2) is 6.29 Å². The van der Waals surface area contributed by atoms with Gasteiger partial charge < -0.3 is 19.5 Å². The highest BCUT2D eigenvalue weighted by molar-refractivity contribution is 5.67. The van der Waals surface area contributed by atoms with E-state index in [2.05, 4.69) is 5.32 Å². The molecule has 0 radical (unpaired) electrons. The van der Waals surface area contributed by atoms with Crippen LogP contribution < -0.4 is 5.32 Å². The van der Waals surface area contributed by atoms with Crippen molar-refractivity contribution in [3.63, 3.8) is 0 Å². The van der Waals surface area contributed by atoms with Crippen molar-refractivity contribution in [2.75, 3.05) is 26.4 Å². The Morgan fingerprint density at radius 1 is 1.47 bits per heavy atom. The highest BCUT2D eigenvalue weighted by Crippen LogP contribution is 2.13. The minimum absolute atomic E-state index is 0.0635. The highest BCUT2D eigenvalue weighted by atomic mass is 16.7. The van der Waals surface area contributed by atoms with E-state index in [1.807, 2.05) is 12.2 Å². The molecule has 0 aromatic rings. The van der Waals surface area contributed by atoms with E-state index >= 15 is 0 Å². The summed E-state index contributed by atoms with van der Waals surface area (Å²) < 4.78 is 15.6. The molecule has 1 fully saturated rings. The Balaban J connectivity index is 1.96. The second-order valence-corrected chi connectivity index (χ2v) is 3.70. The summed E-state index contributed by atoms with van der Waals surface area (Å²) in [4.78, 5) is 10.9. The summed E-state index contributed by atoms with van der Waals surface area (Å²) >= 11 is 0. The first-order valence-electron chi connectivity index (χ1n) is 6.11. The van der Waals surface area contributed by atoms with Crippen LogP contribution in [0.4, 0.5) is 4.79 Å². The summed E-state index contributed by atoms with van der Waals surface area (Å²) in [6, 6.07) is 0. The maximum Gasteiger partial charge on any atom is 0.407 e. The van der Waals surface area contributed by atoms with Crippen molar-refractivity contribution < 1.29 is 19.0 Å². The zero-order valence-corrected chi connectivity index (χ0v) is 10.3. The molecule has 1 aliphatic heterocycles. The zero-order chi connectivity index (χ0) is 12.3. The SMILES string of the molecule is CCOC(=O)NC/C=C\CO[C@H]1CCCCO1. The van der Waals surface area contributed by atoms with E-state index in [9.17, 15) is 4.79 Å². The molecular weight excluding hydrogens is 222 g/mol. The minimum atomic E-state index is -0.395. The maximum absolute atomic E-state index is 10.9. The van der Waals surface area contributed by atoms with Gasteiger partial charge in [-0.25, -0.2) is 4.79 Å². The van der Waals surface area contributed by atoms with Gasteiger partial charge in [0.2, 0.25) is 0 Å². The van der Waals surface area contributed by atoms with Gasteiger partial charge in [0.25, 0.3) is 0 Å². The van der Waals surface area contributed by atoms with Gasteiger partial charge in [-0.3, -0.25) is 0 Å². The molecule has 98 valence electrons. The maximum atomic E-state index is 10.9. The highest BCUT2D eigenvalue weighted by Gasteiger charge is 2.12. The van der Waals surface area contributed by atoms with Gasteiger partial charge in [-0.05, 0) is 26.2 Å². The van der Waals surface area contributed by atoms with E-state index < -0.39 is 6.09 Å². The number of amides is 1. The minimum Gasteiger partial charge on any atom is -0.450 e. The molecule has 5 nitrogen and oxygen atoms in total. The van der Waals surface area contributed by atoms with E-state index in [-0.39, 0.29) is 6.29 Å². The second-order valence-electron chi connectivity index (χ2n) is 3.70. The molecule has 5 heteroatoms. The number of alkyl carbamates (subject to hydrolysis) is 1. The van der Waals surface area contributed by atoms with Crippen LogP contribution in [0.15, 0.2) is 12.2 Å². The van der Waals surface area contributed by atoms with Crippen molar-refractivity contribution in [3.05, 3.63) is 12.2 Å². The number of rotatable bonds is 6. The Bertz CT molecular complexity index is 237. The molecule has 1 heterocycles. The number of carbonyl (C=O) groups excluding carboxylic acids is 1. The predicted octanol–water partition coefficient (Wildman–Crippen LogP) is 1.83. The normalized spacial score (nSPS) is 20.4. The standard InChI is InChI=1S/C12H21NO4/c1-2-15-12(14)13-8-4-6-10-17-11-7-3-5-9-16-11/h4,6,11H,2-3,5,7-10H2,1H3,(H,13,14)/b6-4-/t11-/m0/s1. The second kappa shape index (κ2) is 9.01. The first-order valence-corrected chi connectivity index (χ1v) is 6.11. The summed E-state index contributed by atoms with van der Waals surface area (Å²) in [5.74, 6) is 0. The fourth-order valence-corrected chi connectivity index (χ4v) is 1.48. The smallest absolute Gasteiger partial charge is 0.407 e. The average Bonchev–Trinajstić information content (AvgIpc) is 2.35. The summed E-state index contributed by atoms with van der Waals surface area (Å²) in [5, 5.41) is 2.59. The largest absolute Gasteiger partial charge is 0.450 e. The fraction of sp³-hybridized carbons (Fsp3) is 0.750. The van der Waals surface area contributed by atoms with E-state index in [1.165, 1.54) is 6.42 Å². The molecular formula is C12H21NO4. The van der Waals surface area contributed by atoms with E-state index in [0.717, 1.165) is 19.4 Å². The van der Waals surface area contributed by atoms with Gasteiger partial charge in [-0.1, -0.05) is 12.2 Å². The average molecular weight is 243 g/mol. The molecule has 1 saturated heterocycles. The van der Waals surface area contributed by atoms with Crippen LogP contribution in [0, 0.1) is 0 Å². The van der Waals surface area contributed by atoms with Gasteiger partial charge in [-0.2, -0.15) is 0 Å². The summed E-state index contributed by atoms with van der Waals surface area (Å²) in [6.07, 6.45) is 6.50. The van der Waals surface area contributed by atoms with Crippen molar-refractivity contribution in [2.24, 2.45) is 0 Å². The van der Waals surface area contributed by atoms with E-state index in [4.69, 9.17) is 14.2 Å². The van der Waals surface area contributed by atoms with Crippen LogP contribution in [0.2, 0.25) is 0 Å². The van der Waals surface area contributed by atoms with Crippen molar-refractivity contribution in [1.82, 2.24) is 5.32 Å². The molecule has 0 saturated carbocycles. The lowest BCUT2D eigenvalue weighted by Crippen LogP contribution is -2.24. The van der Waals surface area contributed by atoms with Gasteiger partial charge >= 0.3 is 6.09 Å². The quantitative estimate of drug-likeness (QED) is 0.723. The first-order chi connectivity index (χ1) is 8.33. The van der Waals surface area contributed by atoms with Crippen LogP contribution in [0.25, 0.3) is 0 Å². The Kier molecular flexibility index (Phi) is 7.42. The molecule has 0 spiro atoms. The fourth-order valence-electron chi connectivity index (χ4n) is 1.48.